The van der Waals surface area contributed by atoms with Gasteiger partial charge in [0.1, 0.15) is 29.3 Å². The molecule has 1 aliphatic rings. The van der Waals surface area contributed by atoms with Crippen molar-refractivity contribution in [1.29, 1.82) is 5.26 Å². The highest BCUT2D eigenvalue weighted by Crippen LogP contribution is 2.24. The minimum absolute atomic E-state index is 0.0435. The molecule has 1 heterocycles. The number of hydrogen-bond acceptors (Lipinski definition) is 4. The van der Waals surface area contributed by atoms with E-state index >= 15 is 0 Å². The SMILES string of the molecule is C=C1CN(C(=O)OC(C)(C)C)CC1Oc1ccc(C#N)c(F)c1. The topological polar surface area (TPSA) is 62.6 Å². The number of ether oxygens (including phenoxy) is 2. The highest BCUT2D eigenvalue weighted by Gasteiger charge is 2.33. The van der Waals surface area contributed by atoms with Crippen LogP contribution in [0.4, 0.5) is 9.18 Å². The van der Waals surface area contributed by atoms with Crippen molar-refractivity contribution in [3.05, 3.63) is 41.7 Å². The molecular weight excluding hydrogens is 299 g/mol. The van der Waals surface area contributed by atoms with Crippen molar-refractivity contribution in [2.45, 2.75) is 32.5 Å². The third-order valence-electron chi connectivity index (χ3n) is 3.23. The molecule has 0 aromatic heterocycles. The van der Waals surface area contributed by atoms with Crippen LogP contribution in [0, 0.1) is 17.1 Å². The number of rotatable bonds is 2. The highest BCUT2D eigenvalue weighted by atomic mass is 19.1. The van der Waals surface area contributed by atoms with Gasteiger partial charge in [0.2, 0.25) is 0 Å². The number of carbonyl (C=O) groups excluding carboxylic acids is 1. The van der Waals surface area contributed by atoms with Gasteiger partial charge in [-0.2, -0.15) is 5.26 Å². The summed E-state index contributed by atoms with van der Waals surface area (Å²) in [7, 11) is 0. The molecular formula is C17H19FN2O3. The summed E-state index contributed by atoms with van der Waals surface area (Å²) in [6.07, 6.45) is -0.870. The summed E-state index contributed by atoms with van der Waals surface area (Å²) in [5, 5.41) is 8.72. The van der Waals surface area contributed by atoms with Crippen molar-refractivity contribution in [3.63, 3.8) is 0 Å². The van der Waals surface area contributed by atoms with Gasteiger partial charge in [0, 0.05) is 12.6 Å². The molecule has 5 nitrogen and oxygen atoms in total. The Hall–Kier alpha value is -2.55. The summed E-state index contributed by atoms with van der Waals surface area (Å²) in [4.78, 5) is 13.6. The molecule has 1 amide bonds. The lowest BCUT2D eigenvalue weighted by Crippen LogP contribution is -2.36. The molecule has 1 aliphatic heterocycles. The molecule has 1 aromatic rings. The average molecular weight is 318 g/mol. The first-order chi connectivity index (χ1) is 10.7. The molecule has 0 bridgehead atoms. The molecule has 2 rings (SSSR count). The molecule has 1 atom stereocenters. The van der Waals surface area contributed by atoms with E-state index in [0.717, 1.165) is 6.07 Å². The Morgan fingerprint density at radius 3 is 2.74 bits per heavy atom. The quantitative estimate of drug-likeness (QED) is 0.785. The minimum Gasteiger partial charge on any atom is -0.484 e. The van der Waals surface area contributed by atoms with E-state index in [2.05, 4.69) is 6.58 Å². The van der Waals surface area contributed by atoms with Crippen molar-refractivity contribution in [2.75, 3.05) is 13.1 Å². The number of carbonyl (C=O) groups is 1. The zero-order valence-corrected chi connectivity index (χ0v) is 13.4. The van der Waals surface area contributed by atoms with E-state index in [1.54, 1.807) is 26.8 Å². The van der Waals surface area contributed by atoms with Crippen LogP contribution in [0.15, 0.2) is 30.4 Å². The second kappa shape index (κ2) is 6.29. The number of likely N-dealkylation sites (tertiary alicyclic amines) is 1. The van der Waals surface area contributed by atoms with E-state index in [1.165, 1.54) is 17.0 Å². The van der Waals surface area contributed by atoms with Crippen LogP contribution in [0.2, 0.25) is 0 Å². The molecule has 0 radical (unpaired) electrons. The molecule has 0 spiro atoms. The average Bonchev–Trinajstić information content (AvgIpc) is 2.79. The monoisotopic (exact) mass is 318 g/mol. The molecule has 0 aliphatic carbocycles. The van der Waals surface area contributed by atoms with Gasteiger partial charge in [-0.1, -0.05) is 6.58 Å². The summed E-state index contributed by atoms with van der Waals surface area (Å²) < 4.78 is 24.6. The molecule has 6 heteroatoms. The summed E-state index contributed by atoms with van der Waals surface area (Å²) >= 11 is 0. The van der Waals surface area contributed by atoms with E-state index < -0.39 is 23.6 Å². The molecule has 0 saturated carbocycles. The summed E-state index contributed by atoms with van der Waals surface area (Å²) in [5.74, 6) is -0.351. The zero-order chi connectivity index (χ0) is 17.2. The maximum atomic E-state index is 13.6. The van der Waals surface area contributed by atoms with Crippen LogP contribution in [0.5, 0.6) is 5.75 Å². The normalized spacial score (nSPS) is 17.8. The minimum atomic E-state index is -0.641. The van der Waals surface area contributed by atoms with E-state index in [1.807, 2.05) is 0 Å². The van der Waals surface area contributed by atoms with Crippen molar-refractivity contribution in [3.8, 4) is 11.8 Å². The fraction of sp³-hybridized carbons (Fsp3) is 0.412. The number of hydrogen-bond donors (Lipinski definition) is 0. The number of amides is 1. The van der Waals surface area contributed by atoms with Gasteiger partial charge in [-0.25, -0.2) is 9.18 Å². The Balaban J connectivity index is 2.02. The van der Waals surface area contributed by atoms with Crippen molar-refractivity contribution in [2.24, 2.45) is 0 Å². The lowest BCUT2D eigenvalue weighted by atomic mass is 10.2. The molecule has 23 heavy (non-hydrogen) atoms. The Morgan fingerprint density at radius 2 is 2.17 bits per heavy atom. The van der Waals surface area contributed by atoms with Gasteiger partial charge in [-0.05, 0) is 38.5 Å². The number of nitriles is 1. The van der Waals surface area contributed by atoms with Gasteiger partial charge >= 0.3 is 6.09 Å². The van der Waals surface area contributed by atoms with Crippen LogP contribution in [-0.2, 0) is 4.74 Å². The van der Waals surface area contributed by atoms with Crippen LogP contribution in [0.1, 0.15) is 26.3 Å². The number of benzene rings is 1. The Morgan fingerprint density at radius 1 is 1.48 bits per heavy atom. The van der Waals surface area contributed by atoms with Gasteiger partial charge in [0.05, 0.1) is 12.1 Å². The van der Waals surface area contributed by atoms with Gasteiger partial charge in [0.15, 0.2) is 0 Å². The third-order valence-corrected chi connectivity index (χ3v) is 3.23. The van der Waals surface area contributed by atoms with Gasteiger partial charge in [0.25, 0.3) is 0 Å². The Bertz CT molecular complexity index is 673. The molecule has 1 saturated heterocycles. The van der Waals surface area contributed by atoms with E-state index in [-0.39, 0.29) is 12.1 Å². The second-order valence-corrected chi connectivity index (χ2v) is 6.38. The van der Waals surface area contributed by atoms with Crippen LogP contribution >= 0.6 is 0 Å². The lowest BCUT2D eigenvalue weighted by Gasteiger charge is -2.24. The fourth-order valence-electron chi connectivity index (χ4n) is 2.15. The van der Waals surface area contributed by atoms with E-state index in [4.69, 9.17) is 14.7 Å². The first-order valence-electron chi connectivity index (χ1n) is 7.21. The van der Waals surface area contributed by atoms with Gasteiger partial charge in [-0.15, -0.1) is 0 Å². The molecule has 1 aromatic carbocycles. The highest BCUT2D eigenvalue weighted by molar-refractivity contribution is 5.69. The second-order valence-electron chi connectivity index (χ2n) is 6.38. The first-order valence-corrected chi connectivity index (χ1v) is 7.21. The van der Waals surface area contributed by atoms with Crippen molar-refractivity contribution in [1.82, 2.24) is 4.90 Å². The van der Waals surface area contributed by atoms with E-state index in [0.29, 0.717) is 17.9 Å². The van der Waals surface area contributed by atoms with Crippen LogP contribution < -0.4 is 4.74 Å². The Kier molecular flexibility index (Phi) is 4.60. The standard InChI is InChI=1S/C17H19FN2O3/c1-11-9-20(16(21)23-17(2,3)4)10-15(11)22-13-6-5-12(8-19)14(18)7-13/h5-7,15H,1,9-10H2,2-4H3. The van der Waals surface area contributed by atoms with Crippen LogP contribution in [-0.4, -0.2) is 35.8 Å². The summed E-state index contributed by atoms with van der Waals surface area (Å²) in [6.45, 7) is 9.90. The summed E-state index contributed by atoms with van der Waals surface area (Å²) in [5.41, 5.74) is 0.0896. The zero-order valence-electron chi connectivity index (χ0n) is 13.4. The lowest BCUT2D eigenvalue weighted by molar-refractivity contribution is 0.0276. The summed E-state index contributed by atoms with van der Waals surface area (Å²) in [6, 6.07) is 5.78. The molecule has 1 unspecified atom stereocenters. The molecule has 1 fully saturated rings. The third kappa shape index (κ3) is 4.22. The number of halogens is 1. The van der Waals surface area contributed by atoms with Gasteiger partial charge in [-0.3, -0.25) is 0 Å². The van der Waals surface area contributed by atoms with E-state index in [9.17, 15) is 9.18 Å². The largest absolute Gasteiger partial charge is 0.484 e. The molecule has 122 valence electrons. The van der Waals surface area contributed by atoms with Gasteiger partial charge < -0.3 is 14.4 Å². The Labute approximate surface area is 134 Å². The first kappa shape index (κ1) is 16.8. The maximum absolute atomic E-state index is 13.6. The smallest absolute Gasteiger partial charge is 0.410 e. The fourth-order valence-corrected chi connectivity index (χ4v) is 2.15. The predicted octanol–water partition coefficient (Wildman–Crippen LogP) is 3.25. The van der Waals surface area contributed by atoms with Crippen molar-refractivity contribution >= 4 is 6.09 Å². The maximum Gasteiger partial charge on any atom is 0.410 e. The number of nitrogens with zero attached hydrogens (tertiary/aromatic N) is 2. The van der Waals surface area contributed by atoms with Crippen LogP contribution in [0.25, 0.3) is 0 Å². The molecule has 0 N–H and O–H groups in total. The van der Waals surface area contributed by atoms with Crippen LogP contribution in [0.3, 0.4) is 0 Å². The predicted molar refractivity (Wildman–Crippen MR) is 82.5 cm³/mol. The van der Waals surface area contributed by atoms with Crippen molar-refractivity contribution < 1.29 is 18.7 Å².